The summed E-state index contributed by atoms with van der Waals surface area (Å²) in [6.45, 7) is 4.63. The monoisotopic (exact) mass is 471 g/mol. The summed E-state index contributed by atoms with van der Waals surface area (Å²) in [6, 6.07) is 13.7. The number of benzene rings is 2. The summed E-state index contributed by atoms with van der Waals surface area (Å²) in [5.74, 6) is -1.24. The molecule has 0 unspecified atom stereocenters. The van der Waals surface area contributed by atoms with Crippen molar-refractivity contribution < 1.29 is 19.1 Å². The van der Waals surface area contributed by atoms with Gasteiger partial charge in [0.05, 0.1) is 0 Å². The molecule has 0 fully saturated rings. The number of ether oxygens (including phenoxy) is 1. The summed E-state index contributed by atoms with van der Waals surface area (Å²) in [4.78, 5) is 42.7. The second kappa shape index (κ2) is 10.9. The minimum Gasteiger partial charge on any atom is -0.451 e. The van der Waals surface area contributed by atoms with Gasteiger partial charge in [0.15, 0.2) is 12.3 Å². The molecule has 0 saturated carbocycles. The van der Waals surface area contributed by atoms with Crippen LogP contribution >= 0.6 is 22.9 Å². The highest BCUT2D eigenvalue weighted by molar-refractivity contribution is 7.13. The van der Waals surface area contributed by atoms with Crippen LogP contribution in [-0.4, -0.2) is 47.4 Å². The predicted octanol–water partition coefficient (Wildman–Crippen LogP) is 4.74. The Morgan fingerprint density at radius 2 is 1.69 bits per heavy atom. The number of carbonyl (C=O) groups is 3. The normalized spacial score (nSPS) is 10.5. The van der Waals surface area contributed by atoms with Crippen LogP contribution in [0, 0.1) is 0 Å². The first-order chi connectivity index (χ1) is 15.4. The third kappa shape index (κ3) is 5.93. The Morgan fingerprint density at radius 1 is 1.03 bits per heavy atom. The maximum absolute atomic E-state index is 12.3. The standard InChI is InChI=1S/C23H22ClN3O4S/c1-3-27(4-2)22(29)16-7-11-18(12-8-16)25-20(28)13-31-23(30)19-14-32-21(26-19)15-5-9-17(24)10-6-15/h5-12,14H,3-4,13H2,1-2H3,(H,25,28). The molecule has 0 spiro atoms. The quantitative estimate of drug-likeness (QED) is 0.479. The number of esters is 1. The van der Waals surface area contributed by atoms with E-state index in [1.807, 2.05) is 26.0 Å². The number of thiazole rings is 1. The molecule has 0 aliphatic rings. The third-order valence-corrected chi connectivity index (χ3v) is 5.75. The molecular weight excluding hydrogens is 450 g/mol. The summed E-state index contributed by atoms with van der Waals surface area (Å²) < 4.78 is 5.06. The number of halogens is 1. The third-order valence-electron chi connectivity index (χ3n) is 4.61. The molecular formula is C23H22ClN3O4S. The average Bonchev–Trinajstić information content (AvgIpc) is 3.29. The number of amides is 2. The van der Waals surface area contributed by atoms with Crippen molar-refractivity contribution in [2.75, 3.05) is 25.0 Å². The highest BCUT2D eigenvalue weighted by atomic mass is 35.5. The molecule has 3 rings (SSSR count). The lowest BCUT2D eigenvalue weighted by molar-refractivity contribution is -0.119. The van der Waals surface area contributed by atoms with Crippen LogP contribution in [0.3, 0.4) is 0 Å². The summed E-state index contributed by atoms with van der Waals surface area (Å²) >= 11 is 7.18. The Hall–Kier alpha value is -3.23. The van der Waals surface area contributed by atoms with E-state index in [2.05, 4.69) is 10.3 Å². The highest BCUT2D eigenvalue weighted by Gasteiger charge is 2.16. The molecule has 7 nitrogen and oxygen atoms in total. The summed E-state index contributed by atoms with van der Waals surface area (Å²) in [7, 11) is 0. The van der Waals surface area contributed by atoms with Crippen LogP contribution in [0.4, 0.5) is 5.69 Å². The van der Waals surface area contributed by atoms with Gasteiger partial charge in [-0.05, 0) is 50.2 Å². The summed E-state index contributed by atoms with van der Waals surface area (Å²) in [5.41, 5.74) is 2.00. The van der Waals surface area contributed by atoms with Crippen molar-refractivity contribution in [1.29, 1.82) is 0 Å². The topological polar surface area (TPSA) is 88.6 Å². The zero-order valence-electron chi connectivity index (χ0n) is 17.6. The van der Waals surface area contributed by atoms with E-state index in [4.69, 9.17) is 16.3 Å². The van der Waals surface area contributed by atoms with Crippen LogP contribution < -0.4 is 5.32 Å². The maximum Gasteiger partial charge on any atom is 0.358 e. The second-order valence-corrected chi connectivity index (χ2v) is 8.02. The fourth-order valence-electron chi connectivity index (χ4n) is 2.88. The Kier molecular flexibility index (Phi) is 7.97. The van der Waals surface area contributed by atoms with E-state index in [1.165, 1.54) is 11.3 Å². The Labute approximate surface area is 195 Å². The van der Waals surface area contributed by atoms with Gasteiger partial charge in [-0.1, -0.05) is 23.7 Å². The Bertz CT molecular complexity index is 1090. The van der Waals surface area contributed by atoms with Crippen LogP contribution in [0.5, 0.6) is 0 Å². The molecule has 0 atom stereocenters. The van der Waals surface area contributed by atoms with E-state index in [-0.39, 0.29) is 11.6 Å². The number of hydrogen-bond acceptors (Lipinski definition) is 6. The van der Waals surface area contributed by atoms with Crippen LogP contribution in [0.2, 0.25) is 5.02 Å². The van der Waals surface area contributed by atoms with Gasteiger partial charge < -0.3 is 15.0 Å². The molecule has 0 aliphatic heterocycles. The largest absolute Gasteiger partial charge is 0.451 e. The van der Waals surface area contributed by atoms with Crippen molar-refractivity contribution in [2.45, 2.75) is 13.8 Å². The van der Waals surface area contributed by atoms with Crippen LogP contribution in [-0.2, 0) is 9.53 Å². The number of carbonyl (C=O) groups excluding carboxylic acids is 3. The van der Waals surface area contributed by atoms with Crippen LogP contribution in [0.1, 0.15) is 34.7 Å². The minimum absolute atomic E-state index is 0.0666. The highest BCUT2D eigenvalue weighted by Crippen LogP contribution is 2.25. The first-order valence-corrected chi connectivity index (χ1v) is 11.2. The minimum atomic E-state index is -0.684. The number of hydrogen-bond donors (Lipinski definition) is 1. The van der Waals surface area contributed by atoms with Crippen molar-refractivity contribution >= 4 is 46.4 Å². The number of rotatable bonds is 8. The van der Waals surface area contributed by atoms with Gasteiger partial charge in [-0.15, -0.1) is 11.3 Å². The van der Waals surface area contributed by atoms with E-state index in [9.17, 15) is 14.4 Å². The fraction of sp³-hybridized carbons (Fsp3) is 0.217. The number of anilines is 1. The average molecular weight is 472 g/mol. The fourth-order valence-corrected chi connectivity index (χ4v) is 3.81. The van der Waals surface area contributed by atoms with Gasteiger partial charge in [-0.2, -0.15) is 0 Å². The first kappa shape index (κ1) is 23.4. The molecule has 32 heavy (non-hydrogen) atoms. The zero-order chi connectivity index (χ0) is 23.1. The SMILES string of the molecule is CCN(CC)C(=O)c1ccc(NC(=O)COC(=O)c2csc(-c3ccc(Cl)cc3)n2)cc1. The maximum atomic E-state index is 12.3. The van der Waals surface area contributed by atoms with Gasteiger partial charge in [0.1, 0.15) is 5.01 Å². The lowest BCUT2D eigenvalue weighted by atomic mass is 10.2. The van der Waals surface area contributed by atoms with Gasteiger partial charge in [0.25, 0.3) is 11.8 Å². The molecule has 1 N–H and O–H groups in total. The van der Waals surface area contributed by atoms with Gasteiger partial charge in [0, 0.05) is 40.3 Å². The zero-order valence-corrected chi connectivity index (χ0v) is 19.2. The number of nitrogens with zero attached hydrogens (tertiary/aromatic N) is 2. The first-order valence-electron chi connectivity index (χ1n) is 9.99. The number of aromatic nitrogens is 1. The molecule has 0 aliphatic carbocycles. The number of nitrogens with one attached hydrogen (secondary N) is 1. The Morgan fingerprint density at radius 3 is 2.31 bits per heavy atom. The smallest absolute Gasteiger partial charge is 0.358 e. The van der Waals surface area contributed by atoms with Crippen molar-refractivity contribution in [3.8, 4) is 10.6 Å². The van der Waals surface area contributed by atoms with Gasteiger partial charge in [-0.3, -0.25) is 9.59 Å². The van der Waals surface area contributed by atoms with E-state index < -0.39 is 18.5 Å². The lowest BCUT2D eigenvalue weighted by Crippen LogP contribution is -2.30. The summed E-state index contributed by atoms with van der Waals surface area (Å²) in [5, 5.41) is 5.48. The van der Waals surface area contributed by atoms with Crippen molar-refractivity contribution in [1.82, 2.24) is 9.88 Å². The van der Waals surface area contributed by atoms with Gasteiger partial charge in [-0.25, -0.2) is 9.78 Å². The molecule has 0 radical (unpaired) electrons. The van der Waals surface area contributed by atoms with Crippen LogP contribution in [0.15, 0.2) is 53.9 Å². The molecule has 0 saturated heterocycles. The summed E-state index contributed by atoms with van der Waals surface area (Å²) in [6.07, 6.45) is 0. The van der Waals surface area contributed by atoms with Crippen molar-refractivity contribution in [3.05, 3.63) is 70.2 Å². The van der Waals surface area contributed by atoms with E-state index in [0.29, 0.717) is 34.4 Å². The molecule has 2 amide bonds. The molecule has 166 valence electrons. The van der Waals surface area contributed by atoms with E-state index in [0.717, 1.165) is 5.56 Å². The lowest BCUT2D eigenvalue weighted by Gasteiger charge is -2.18. The molecule has 1 aromatic heterocycles. The molecule has 0 bridgehead atoms. The predicted molar refractivity (Wildman–Crippen MR) is 125 cm³/mol. The molecule has 9 heteroatoms. The van der Waals surface area contributed by atoms with Gasteiger partial charge >= 0.3 is 5.97 Å². The second-order valence-electron chi connectivity index (χ2n) is 6.72. The van der Waals surface area contributed by atoms with Crippen LogP contribution in [0.25, 0.3) is 10.6 Å². The van der Waals surface area contributed by atoms with E-state index >= 15 is 0 Å². The van der Waals surface area contributed by atoms with Crippen molar-refractivity contribution in [3.63, 3.8) is 0 Å². The van der Waals surface area contributed by atoms with Crippen molar-refractivity contribution in [2.24, 2.45) is 0 Å². The molecule has 1 heterocycles. The molecule has 3 aromatic rings. The van der Waals surface area contributed by atoms with E-state index in [1.54, 1.807) is 46.7 Å². The van der Waals surface area contributed by atoms with Gasteiger partial charge in [0.2, 0.25) is 0 Å². The Balaban J connectivity index is 1.52. The molecule has 2 aromatic carbocycles.